The van der Waals surface area contributed by atoms with Gasteiger partial charge in [0.15, 0.2) is 9.84 Å². The highest BCUT2D eigenvalue weighted by atomic mass is 35.5. The zero-order chi connectivity index (χ0) is 17.6. The van der Waals surface area contributed by atoms with Crippen LogP contribution in [0.15, 0.2) is 23.1 Å². The van der Waals surface area contributed by atoms with Crippen LogP contribution in [-0.4, -0.2) is 39.7 Å². The van der Waals surface area contributed by atoms with Crippen LogP contribution < -0.4 is 10.6 Å². The van der Waals surface area contributed by atoms with Crippen molar-refractivity contribution >= 4 is 28.2 Å². The summed E-state index contributed by atoms with van der Waals surface area (Å²) in [4.78, 5) is 12.4. The topological polar surface area (TPSA) is 75.3 Å². The molecule has 142 valence electrons. The van der Waals surface area contributed by atoms with E-state index in [1.165, 1.54) is 44.6 Å². The highest BCUT2D eigenvalue weighted by Crippen LogP contribution is 2.18. The maximum Gasteiger partial charge on any atom is 0.251 e. The van der Waals surface area contributed by atoms with Gasteiger partial charge in [-0.15, -0.1) is 12.4 Å². The number of amides is 1. The second-order valence-electron chi connectivity index (χ2n) is 6.65. The third-order valence-corrected chi connectivity index (χ3v) is 5.79. The van der Waals surface area contributed by atoms with Crippen LogP contribution in [0, 0.1) is 6.92 Å². The Morgan fingerprint density at radius 1 is 1.12 bits per heavy atom. The number of rotatable bonds is 6. The second kappa shape index (κ2) is 10.1. The fourth-order valence-electron chi connectivity index (χ4n) is 3.18. The number of nitrogens with one attached hydrogen (secondary N) is 2. The van der Waals surface area contributed by atoms with Crippen LogP contribution in [-0.2, 0) is 9.84 Å². The van der Waals surface area contributed by atoms with Crippen LogP contribution in [0.1, 0.15) is 54.4 Å². The van der Waals surface area contributed by atoms with Crippen molar-refractivity contribution in [2.24, 2.45) is 0 Å². The van der Waals surface area contributed by atoms with Gasteiger partial charge in [0, 0.05) is 31.0 Å². The first-order valence-corrected chi connectivity index (χ1v) is 10.6. The smallest absolute Gasteiger partial charge is 0.251 e. The molecule has 1 aliphatic carbocycles. The van der Waals surface area contributed by atoms with E-state index in [0.717, 1.165) is 12.8 Å². The first-order chi connectivity index (χ1) is 11.4. The van der Waals surface area contributed by atoms with Crippen LogP contribution in [0.2, 0.25) is 0 Å². The summed E-state index contributed by atoms with van der Waals surface area (Å²) >= 11 is 0. The largest absolute Gasteiger partial charge is 0.351 e. The van der Waals surface area contributed by atoms with E-state index in [1.807, 2.05) is 0 Å². The average Bonchev–Trinajstić information content (AvgIpc) is 2.79. The first-order valence-electron chi connectivity index (χ1n) is 8.70. The summed E-state index contributed by atoms with van der Waals surface area (Å²) in [6.07, 6.45) is 8.79. The molecule has 0 spiro atoms. The van der Waals surface area contributed by atoms with Crippen LogP contribution in [0.25, 0.3) is 0 Å². The van der Waals surface area contributed by atoms with E-state index >= 15 is 0 Å². The Labute approximate surface area is 157 Å². The van der Waals surface area contributed by atoms with Crippen molar-refractivity contribution in [3.63, 3.8) is 0 Å². The van der Waals surface area contributed by atoms with Crippen molar-refractivity contribution in [1.82, 2.24) is 10.6 Å². The summed E-state index contributed by atoms with van der Waals surface area (Å²) in [6, 6.07) is 5.35. The minimum atomic E-state index is -3.33. The molecule has 0 saturated heterocycles. The van der Waals surface area contributed by atoms with Crippen molar-refractivity contribution in [2.45, 2.75) is 56.4 Å². The monoisotopic (exact) mass is 388 g/mol. The molecule has 1 aromatic carbocycles. The lowest BCUT2D eigenvalue weighted by Crippen LogP contribution is -2.36. The third kappa shape index (κ3) is 6.96. The lowest BCUT2D eigenvalue weighted by molar-refractivity contribution is 0.0953. The van der Waals surface area contributed by atoms with Crippen molar-refractivity contribution in [1.29, 1.82) is 0 Å². The van der Waals surface area contributed by atoms with Gasteiger partial charge in [-0.1, -0.05) is 31.7 Å². The fourth-order valence-corrected chi connectivity index (χ4v) is 4.17. The number of hydrogen-bond donors (Lipinski definition) is 2. The van der Waals surface area contributed by atoms with Gasteiger partial charge in [0.05, 0.1) is 4.90 Å². The van der Waals surface area contributed by atoms with Gasteiger partial charge in [-0.25, -0.2) is 8.42 Å². The molecule has 1 saturated carbocycles. The summed E-state index contributed by atoms with van der Waals surface area (Å²) in [5, 5.41) is 6.36. The predicted molar refractivity (Wildman–Crippen MR) is 103 cm³/mol. The van der Waals surface area contributed by atoms with Gasteiger partial charge < -0.3 is 10.6 Å². The summed E-state index contributed by atoms with van der Waals surface area (Å²) in [5.74, 6) is -0.234. The lowest BCUT2D eigenvalue weighted by atomic mass is 10.1. The molecule has 5 nitrogen and oxygen atoms in total. The van der Waals surface area contributed by atoms with Crippen LogP contribution >= 0.6 is 12.4 Å². The molecule has 1 aliphatic rings. The molecule has 1 amide bonds. The van der Waals surface area contributed by atoms with E-state index < -0.39 is 9.84 Å². The molecule has 25 heavy (non-hydrogen) atoms. The maximum atomic E-state index is 12.2. The molecule has 0 aliphatic heterocycles. The SMILES string of the molecule is Cc1ccc(C(=O)NCCNC2CCCCCC2)cc1S(C)(=O)=O.Cl. The van der Waals surface area contributed by atoms with Crippen LogP contribution in [0.4, 0.5) is 0 Å². The van der Waals surface area contributed by atoms with E-state index in [1.54, 1.807) is 19.1 Å². The molecule has 0 atom stereocenters. The molecule has 1 fully saturated rings. The molecule has 0 unspecified atom stereocenters. The molecule has 7 heteroatoms. The molecule has 2 rings (SSSR count). The second-order valence-corrected chi connectivity index (χ2v) is 8.64. The molecule has 0 bridgehead atoms. The van der Waals surface area contributed by atoms with Crippen LogP contribution in [0.3, 0.4) is 0 Å². The third-order valence-electron chi connectivity index (χ3n) is 4.55. The Hall–Kier alpha value is -1.11. The van der Waals surface area contributed by atoms with E-state index in [-0.39, 0.29) is 23.2 Å². The molecule has 0 aromatic heterocycles. The number of carbonyl (C=O) groups is 1. The zero-order valence-electron chi connectivity index (χ0n) is 15.0. The quantitative estimate of drug-likeness (QED) is 0.580. The van der Waals surface area contributed by atoms with Crippen molar-refractivity contribution < 1.29 is 13.2 Å². The standard InChI is InChI=1S/C18H28N2O3S.ClH/c1-14-9-10-15(13-17(14)24(2,22)23)18(21)20-12-11-19-16-7-5-3-4-6-8-16;/h9-10,13,16,19H,3-8,11-12H2,1-2H3,(H,20,21);1H. The number of aryl methyl sites for hydroxylation is 1. The fraction of sp³-hybridized carbons (Fsp3) is 0.611. The average molecular weight is 389 g/mol. The predicted octanol–water partition coefficient (Wildman–Crippen LogP) is 2.86. The van der Waals surface area contributed by atoms with E-state index in [9.17, 15) is 13.2 Å². The normalized spacial score (nSPS) is 15.9. The summed E-state index contributed by atoms with van der Waals surface area (Å²) in [7, 11) is -3.33. The van der Waals surface area contributed by atoms with Crippen LogP contribution in [0.5, 0.6) is 0 Å². The van der Waals surface area contributed by atoms with Gasteiger partial charge in [-0.2, -0.15) is 0 Å². The van der Waals surface area contributed by atoms with E-state index in [4.69, 9.17) is 0 Å². The Bertz CT molecular complexity index is 669. The maximum absolute atomic E-state index is 12.2. The minimum absolute atomic E-state index is 0. The Morgan fingerprint density at radius 3 is 2.36 bits per heavy atom. The molecular formula is C18H29ClN2O3S. The molecule has 0 heterocycles. The zero-order valence-corrected chi connectivity index (χ0v) is 16.6. The highest BCUT2D eigenvalue weighted by molar-refractivity contribution is 7.90. The van der Waals surface area contributed by atoms with Gasteiger partial charge in [-0.3, -0.25) is 4.79 Å². The van der Waals surface area contributed by atoms with Gasteiger partial charge >= 0.3 is 0 Å². The number of benzene rings is 1. The summed E-state index contributed by atoms with van der Waals surface area (Å²) in [6.45, 7) is 3.01. The Morgan fingerprint density at radius 2 is 1.76 bits per heavy atom. The Kier molecular flexibility index (Phi) is 8.89. The van der Waals surface area contributed by atoms with Crippen molar-refractivity contribution in [3.8, 4) is 0 Å². The minimum Gasteiger partial charge on any atom is -0.351 e. The highest BCUT2D eigenvalue weighted by Gasteiger charge is 2.15. The van der Waals surface area contributed by atoms with Gasteiger partial charge in [-0.05, 0) is 37.5 Å². The Balaban J connectivity index is 0.00000312. The summed E-state index contributed by atoms with van der Waals surface area (Å²) in [5.41, 5.74) is 1.04. The van der Waals surface area contributed by atoms with Gasteiger partial charge in [0.25, 0.3) is 5.91 Å². The first kappa shape index (κ1) is 21.9. The van der Waals surface area contributed by atoms with E-state index in [0.29, 0.717) is 23.7 Å². The molecule has 2 N–H and O–H groups in total. The van der Waals surface area contributed by atoms with Crippen molar-refractivity contribution in [2.75, 3.05) is 19.3 Å². The van der Waals surface area contributed by atoms with Gasteiger partial charge in [0.2, 0.25) is 0 Å². The number of halogens is 1. The molecular weight excluding hydrogens is 360 g/mol. The molecule has 1 aromatic rings. The lowest BCUT2D eigenvalue weighted by Gasteiger charge is -2.16. The van der Waals surface area contributed by atoms with E-state index in [2.05, 4.69) is 10.6 Å². The van der Waals surface area contributed by atoms with Crippen molar-refractivity contribution in [3.05, 3.63) is 29.3 Å². The van der Waals surface area contributed by atoms with Gasteiger partial charge in [0.1, 0.15) is 0 Å². The number of hydrogen-bond acceptors (Lipinski definition) is 4. The number of carbonyl (C=O) groups excluding carboxylic acids is 1. The molecule has 0 radical (unpaired) electrons. The number of sulfone groups is 1. The summed E-state index contributed by atoms with van der Waals surface area (Å²) < 4.78 is 23.5.